The van der Waals surface area contributed by atoms with E-state index >= 15 is 0 Å². The molecule has 0 aliphatic carbocycles. The number of amides is 3. The standard InChI is InChI=1S/C13H19N3O3S/c17-11-4-3-9(14-11)12(18)16-8-20-7-10(16)13(19)15-5-1-2-6-15/h9-10H,1-8H2,(H,14,17)/t9-,10-/m1/s1. The lowest BCUT2D eigenvalue weighted by Crippen LogP contribution is -2.52. The van der Waals surface area contributed by atoms with Crippen molar-refractivity contribution in [3.05, 3.63) is 0 Å². The van der Waals surface area contributed by atoms with Crippen molar-refractivity contribution in [1.29, 1.82) is 0 Å². The quantitative estimate of drug-likeness (QED) is 0.765. The van der Waals surface area contributed by atoms with Gasteiger partial charge in [-0.25, -0.2) is 0 Å². The fourth-order valence-electron chi connectivity index (χ4n) is 3.01. The zero-order valence-corrected chi connectivity index (χ0v) is 12.2. The van der Waals surface area contributed by atoms with Crippen molar-refractivity contribution in [3.63, 3.8) is 0 Å². The number of nitrogens with one attached hydrogen (secondary N) is 1. The summed E-state index contributed by atoms with van der Waals surface area (Å²) in [7, 11) is 0. The van der Waals surface area contributed by atoms with Gasteiger partial charge in [0.05, 0.1) is 5.88 Å². The zero-order valence-electron chi connectivity index (χ0n) is 11.3. The largest absolute Gasteiger partial charge is 0.344 e. The lowest BCUT2D eigenvalue weighted by Gasteiger charge is -2.28. The van der Waals surface area contributed by atoms with Gasteiger partial charge in [0, 0.05) is 25.3 Å². The number of thioether (sulfide) groups is 1. The molecule has 7 heteroatoms. The SMILES string of the molecule is O=C1CC[C@H](C(=O)N2CSC[C@@H]2C(=O)N2CCCC2)N1. The van der Waals surface area contributed by atoms with Crippen LogP contribution >= 0.6 is 11.8 Å². The minimum atomic E-state index is -0.435. The van der Waals surface area contributed by atoms with Gasteiger partial charge in [0.15, 0.2) is 0 Å². The van der Waals surface area contributed by atoms with Gasteiger partial charge in [0.2, 0.25) is 17.7 Å². The van der Waals surface area contributed by atoms with Crippen molar-refractivity contribution in [1.82, 2.24) is 15.1 Å². The molecule has 20 heavy (non-hydrogen) atoms. The summed E-state index contributed by atoms with van der Waals surface area (Å²) in [4.78, 5) is 39.7. The molecule has 3 amide bonds. The third-order valence-electron chi connectivity index (χ3n) is 4.16. The Labute approximate surface area is 122 Å². The number of hydrogen-bond donors (Lipinski definition) is 1. The van der Waals surface area contributed by atoms with Crippen molar-refractivity contribution >= 4 is 29.5 Å². The number of rotatable bonds is 2. The highest BCUT2D eigenvalue weighted by atomic mass is 32.2. The van der Waals surface area contributed by atoms with Crippen LogP contribution in [-0.4, -0.2) is 64.3 Å². The summed E-state index contributed by atoms with van der Waals surface area (Å²) in [5.74, 6) is 1.12. The van der Waals surface area contributed by atoms with Crippen LogP contribution in [0.15, 0.2) is 0 Å². The number of carbonyl (C=O) groups is 3. The maximum Gasteiger partial charge on any atom is 0.246 e. The first-order valence-corrected chi connectivity index (χ1v) is 8.28. The molecule has 0 spiro atoms. The predicted octanol–water partition coefficient (Wildman–Crippen LogP) is -0.211. The zero-order chi connectivity index (χ0) is 14.1. The van der Waals surface area contributed by atoms with Crippen molar-refractivity contribution in [3.8, 4) is 0 Å². The van der Waals surface area contributed by atoms with E-state index in [4.69, 9.17) is 0 Å². The number of likely N-dealkylation sites (tertiary alicyclic amines) is 1. The topological polar surface area (TPSA) is 69.7 Å². The molecule has 3 fully saturated rings. The van der Waals surface area contributed by atoms with Gasteiger partial charge in [-0.3, -0.25) is 14.4 Å². The van der Waals surface area contributed by atoms with Crippen LogP contribution in [0.2, 0.25) is 0 Å². The summed E-state index contributed by atoms with van der Waals surface area (Å²) >= 11 is 1.61. The molecule has 0 radical (unpaired) electrons. The highest BCUT2D eigenvalue weighted by molar-refractivity contribution is 7.99. The van der Waals surface area contributed by atoms with Crippen LogP contribution in [0.5, 0.6) is 0 Å². The fourth-order valence-corrected chi connectivity index (χ4v) is 4.17. The molecule has 0 aromatic carbocycles. The van der Waals surface area contributed by atoms with Gasteiger partial charge < -0.3 is 15.1 Å². The molecule has 3 aliphatic heterocycles. The van der Waals surface area contributed by atoms with Gasteiger partial charge in [0.25, 0.3) is 0 Å². The molecule has 3 saturated heterocycles. The second-order valence-corrected chi connectivity index (χ2v) is 6.51. The second-order valence-electron chi connectivity index (χ2n) is 5.51. The summed E-state index contributed by atoms with van der Waals surface area (Å²) in [5.41, 5.74) is 0. The summed E-state index contributed by atoms with van der Waals surface area (Å²) in [5, 5.41) is 2.70. The third-order valence-corrected chi connectivity index (χ3v) is 5.17. The number of nitrogens with zero attached hydrogens (tertiary/aromatic N) is 2. The van der Waals surface area contributed by atoms with Crippen LogP contribution in [0.3, 0.4) is 0 Å². The second kappa shape index (κ2) is 5.63. The predicted molar refractivity (Wildman–Crippen MR) is 74.9 cm³/mol. The maximum absolute atomic E-state index is 12.5. The molecule has 110 valence electrons. The van der Waals surface area contributed by atoms with Crippen LogP contribution in [0.4, 0.5) is 0 Å². The minimum Gasteiger partial charge on any atom is -0.344 e. The summed E-state index contributed by atoms with van der Waals surface area (Å²) in [6.07, 6.45) is 3.06. The summed E-state index contributed by atoms with van der Waals surface area (Å²) in [6, 6.07) is -0.779. The smallest absolute Gasteiger partial charge is 0.246 e. The molecule has 0 bridgehead atoms. The van der Waals surface area contributed by atoms with Gasteiger partial charge in [-0.2, -0.15) is 0 Å². The number of carbonyl (C=O) groups excluding carboxylic acids is 3. The Bertz CT molecular complexity index is 437. The van der Waals surface area contributed by atoms with E-state index in [-0.39, 0.29) is 23.8 Å². The average Bonchev–Trinajstić information content (AvgIpc) is 3.18. The third kappa shape index (κ3) is 2.51. The first-order chi connectivity index (χ1) is 9.66. The Hall–Kier alpha value is -1.24. The fraction of sp³-hybridized carbons (Fsp3) is 0.769. The van der Waals surface area contributed by atoms with Crippen LogP contribution in [0.25, 0.3) is 0 Å². The molecule has 6 nitrogen and oxygen atoms in total. The average molecular weight is 297 g/mol. The first kappa shape index (κ1) is 13.7. The minimum absolute atomic E-state index is 0.0716. The molecular weight excluding hydrogens is 278 g/mol. The first-order valence-electron chi connectivity index (χ1n) is 7.13. The van der Waals surface area contributed by atoms with Crippen molar-refractivity contribution in [2.45, 2.75) is 37.8 Å². The maximum atomic E-state index is 12.5. The Balaban J connectivity index is 1.67. The van der Waals surface area contributed by atoms with E-state index < -0.39 is 6.04 Å². The Morgan fingerprint density at radius 2 is 1.95 bits per heavy atom. The van der Waals surface area contributed by atoms with E-state index in [1.54, 1.807) is 16.7 Å². The lowest BCUT2D eigenvalue weighted by atomic mass is 10.1. The molecule has 0 unspecified atom stereocenters. The van der Waals surface area contributed by atoms with Gasteiger partial charge in [-0.1, -0.05) is 0 Å². The van der Waals surface area contributed by atoms with E-state index in [9.17, 15) is 14.4 Å². The summed E-state index contributed by atoms with van der Waals surface area (Å²) < 4.78 is 0. The molecule has 2 atom stereocenters. The van der Waals surface area contributed by atoms with Gasteiger partial charge >= 0.3 is 0 Å². The van der Waals surface area contributed by atoms with Gasteiger partial charge in [-0.05, 0) is 19.3 Å². The van der Waals surface area contributed by atoms with Crippen LogP contribution in [0, 0.1) is 0 Å². The van der Waals surface area contributed by atoms with E-state index in [0.717, 1.165) is 25.9 Å². The number of hydrogen-bond acceptors (Lipinski definition) is 4. The molecule has 0 saturated carbocycles. The van der Waals surface area contributed by atoms with E-state index in [2.05, 4.69) is 5.32 Å². The van der Waals surface area contributed by atoms with E-state index in [1.807, 2.05) is 4.90 Å². The molecule has 0 aromatic rings. The van der Waals surface area contributed by atoms with Crippen LogP contribution < -0.4 is 5.32 Å². The monoisotopic (exact) mass is 297 g/mol. The van der Waals surface area contributed by atoms with E-state index in [0.29, 0.717) is 24.5 Å². The Morgan fingerprint density at radius 1 is 1.20 bits per heavy atom. The van der Waals surface area contributed by atoms with Crippen molar-refractivity contribution in [2.75, 3.05) is 24.7 Å². The van der Waals surface area contributed by atoms with Crippen LogP contribution in [0.1, 0.15) is 25.7 Å². The molecule has 0 aromatic heterocycles. The highest BCUT2D eigenvalue weighted by Crippen LogP contribution is 2.26. The van der Waals surface area contributed by atoms with Crippen molar-refractivity contribution < 1.29 is 14.4 Å². The molecule has 3 rings (SSSR count). The highest BCUT2D eigenvalue weighted by Gasteiger charge is 2.41. The molecule has 3 heterocycles. The van der Waals surface area contributed by atoms with Crippen molar-refractivity contribution in [2.24, 2.45) is 0 Å². The normalized spacial score (nSPS) is 29.9. The molecule has 3 aliphatic rings. The molecule has 1 N–H and O–H groups in total. The van der Waals surface area contributed by atoms with Gasteiger partial charge in [-0.15, -0.1) is 11.8 Å². The lowest BCUT2D eigenvalue weighted by molar-refractivity contribution is -0.143. The molecular formula is C13H19N3O3S. The van der Waals surface area contributed by atoms with Crippen LogP contribution in [-0.2, 0) is 14.4 Å². The Kier molecular flexibility index (Phi) is 3.87. The van der Waals surface area contributed by atoms with Gasteiger partial charge in [0.1, 0.15) is 12.1 Å². The summed E-state index contributed by atoms with van der Waals surface area (Å²) in [6.45, 7) is 1.62. The van der Waals surface area contributed by atoms with E-state index in [1.165, 1.54) is 0 Å². The Morgan fingerprint density at radius 3 is 2.60 bits per heavy atom.